The molecule has 0 radical (unpaired) electrons. The number of esters is 1. The predicted molar refractivity (Wildman–Crippen MR) is 134 cm³/mol. The summed E-state index contributed by atoms with van der Waals surface area (Å²) in [5.74, 6) is 0.578. The summed E-state index contributed by atoms with van der Waals surface area (Å²) in [6, 6.07) is 10.4. The minimum Gasteiger partial charge on any atom is -0.490 e. The lowest BCUT2D eigenvalue weighted by Crippen LogP contribution is -2.23. The Kier molecular flexibility index (Phi) is 8.35. The highest BCUT2D eigenvalue weighted by molar-refractivity contribution is 9.10. The molecule has 33 heavy (non-hydrogen) atoms. The number of amides is 1. The van der Waals surface area contributed by atoms with Crippen molar-refractivity contribution in [1.82, 2.24) is 4.90 Å². The average Bonchev–Trinajstić information content (AvgIpc) is 3.06. The largest absolute Gasteiger partial charge is 0.490 e. The predicted octanol–water partition coefficient (Wildman–Crippen LogP) is 5.43. The Bertz CT molecular complexity index is 1130. The van der Waals surface area contributed by atoms with E-state index in [9.17, 15) is 9.59 Å². The first kappa shape index (κ1) is 24.6. The molecule has 1 amide bonds. The van der Waals surface area contributed by atoms with Gasteiger partial charge in [-0.25, -0.2) is 9.79 Å². The molecular formula is C24H23BrN2O5S. The van der Waals surface area contributed by atoms with Crippen molar-refractivity contribution in [2.75, 3.05) is 27.4 Å². The number of rotatable bonds is 8. The molecule has 3 rings (SSSR count). The van der Waals surface area contributed by atoms with Gasteiger partial charge in [-0.1, -0.05) is 12.7 Å². The summed E-state index contributed by atoms with van der Waals surface area (Å²) in [5.41, 5.74) is 1.84. The Labute approximate surface area is 205 Å². The molecule has 1 aliphatic heterocycles. The zero-order chi connectivity index (χ0) is 24.0. The first-order valence-electron chi connectivity index (χ1n) is 10.0. The summed E-state index contributed by atoms with van der Waals surface area (Å²) in [4.78, 5) is 31.0. The fourth-order valence-electron chi connectivity index (χ4n) is 2.92. The second-order valence-electron chi connectivity index (χ2n) is 6.77. The highest BCUT2D eigenvalue weighted by Gasteiger charge is 2.30. The number of likely N-dealkylation sites (N-methyl/N-ethyl adjacent to an activating group) is 1. The van der Waals surface area contributed by atoms with Gasteiger partial charge in [0.05, 0.1) is 34.3 Å². The number of carbonyl (C=O) groups is 2. The maximum atomic E-state index is 12.8. The molecule has 1 aliphatic rings. The monoisotopic (exact) mass is 530 g/mol. The summed E-state index contributed by atoms with van der Waals surface area (Å²) in [6.07, 6.45) is 3.45. The van der Waals surface area contributed by atoms with Gasteiger partial charge >= 0.3 is 5.97 Å². The fourth-order valence-corrected chi connectivity index (χ4v) is 4.48. The van der Waals surface area contributed by atoms with Gasteiger partial charge in [0.1, 0.15) is 6.61 Å². The number of halogens is 1. The number of ether oxygens (including phenoxy) is 3. The Morgan fingerprint density at radius 3 is 2.61 bits per heavy atom. The third kappa shape index (κ3) is 5.85. The number of aliphatic imine (C=N–C) groups is 1. The summed E-state index contributed by atoms with van der Waals surface area (Å²) < 4.78 is 16.9. The molecule has 2 aromatic rings. The lowest BCUT2D eigenvalue weighted by Gasteiger charge is -2.13. The van der Waals surface area contributed by atoms with Crippen LogP contribution in [0, 0.1) is 0 Å². The molecule has 0 unspecified atom stereocenters. The molecule has 1 heterocycles. The van der Waals surface area contributed by atoms with Gasteiger partial charge in [0, 0.05) is 7.05 Å². The molecule has 9 heteroatoms. The van der Waals surface area contributed by atoms with Crippen LogP contribution in [-0.4, -0.2) is 49.3 Å². The van der Waals surface area contributed by atoms with Crippen molar-refractivity contribution in [2.24, 2.45) is 4.99 Å². The van der Waals surface area contributed by atoms with Crippen molar-refractivity contribution < 1.29 is 23.8 Å². The third-order valence-electron chi connectivity index (χ3n) is 4.49. The molecule has 0 aromatic heterocycles. The minimum absolute atomic E-state index is 0.161. The maximum Gasteiger partial charge on any atom is 0.337 e. The molecule has 0 bridgehead atoms. The van der Waals surface area contributed by atoms with Crippen LogP contribution in [-0.2, 0) is 9.53 Å². The number of amidine groups is 1. The summed E-state index contributed by atoms with van der Waals surface area (Å²) in [7, 11) is 3.00. The Morgan fingerprint density at radius 2 is 1.97 bits per heavy atom. The fraction of sp³-hybridized carbons (Fsp3) is 0.208. The van der Waals surface area contributed by atoms with E-state index in [1.807, 2.05) is 19.1 Å². The number of methoxy groups -OCH3 is 1. The molecule has 1 fully saturated rings. The van der Waals surface area contributed by atoms with Crippen LogP contribution < -0.4 is 9.47 Å². The second-order valence-corrected chi connectivity index (χ2v) is 8.63. The Hall–Kier alpha value is -3.04. The van der Waals surface area contributed by atoms with E-state index >= 15 is 0 Å². The lowest BCUT2D eigenvalue weighted by atomic mass is 10.2. The Balaban J connectivity index is 1.88. The van der Waals surface area contributed by atoms with Crippen LogP contribution in [0.3, 0.4) is 0 Å². The van der Waals surface area contributed by atoms with Gasteiger partial charge in [-0.2, -0.15) is 0 Å². The molecule has 0 spiro atoms. The number of thioether (sulfide) groups is 1. The molecule has 172 valence electrons. The van der Waals surface area contributed by atoms with Crippen LogP contribution in [0.15, 0.2) is 63.4 Å². The van der Waals surface area contributed by atoms with E-state index < -0.39 is 5.97 Å². The quantitative estimate of drug-likeness (QED) is 0.257. The first-order valence-corrected chi connectivity index (χ1v) is 11.6. The summed E-state index contributed by atoms with van der Waals surface area (Å²) in [6.45, 7) is 6.38. The van der Waals surface area contributed by atoms with E-state index in [0.717, 1.165) is 5.56 Å². The van der Waals surface area contributed by atoms with Crippen molar-refractivity contribution >= 4 is 56.5 Å². The SMILES string of the molecule is C=CCOc1c(Br)cc(/C=C2\SC(=Nc3ccc(C(=O)OC)cc3)N(C)C2=O)cc1OCC. The normalized spacial score (nSPS) is 15.8. The number of nitrogens with zero attached hydrogens (tertiary/aromatic N) is 2. The van der Waals surface area contributed by atoms with E-state index in [-0.39, 0.29) is 5.91 Å². The van der Waals surface area contributed by atoms with Crippen LogP contribution in [0.1, 0.15) is 22.8 Å². The molecular weight excluding hydrogens is 508 g/mol. The number of benzene rings is 2. The number of carbonyl (C=O) groups excluding carboxylic acids is 2. The number of hydrogen-bond donors (Lipinski definition) is 0. The maximum absolute atomic E-state index is 12.8. The van der Waals surface area contributed by atoms with Crippen molar-refractivity contribution in [3.05, 3.63) is 69.6 Å². The second kappa shape index (κ2) is 11.2. The minimum atomic E-state index is -0.416. The zero-order valence-corrected chi connectivity index (χ0v) is 20.9. The van der Waals surface area contributed by atoms with Gasteiger partial charge in [-0.15, -0.1) is 0 Å². The highest BCUT2D eigenvalue weighted by Crippen LogP contribution is 2.39. The smallest absolute Gasteiger partial charge is 0.337 e. The summed E-state index contributed by atoms with van der Waals surface area (Å²) >= 11 is 4.79. The third-order valence-corrected chi connectivity index (χ3v) is 6.14. The zero-order valence-electron chi connectivity index (χ0n) is 18.5. The van der Waals surface area contributed by atoms with Crippen LogP contribution in [0.2, 0.25) is 0 Å². The first-order chi connectivity index (χ1) is 15.9. The average molecular weight is 531 g/mol. The molecule has 1 saturated heterocycles. The Morgan fingerprint density at radius 1 is 1.24 bits per heavy atom. The lowest BCUT2D eigenvalue weighted by molar-refractivity contribution is -0.121. The standard InChI is InChI=1S/C24H23BrN2O5S/c1-5-11-32-21-18(25)12-15(13-19(21)31-6-2)14-20-22(28)27(3)24(33-20)26-17-9-7-16(8-10-17)23(29)30-4/h5,7-10,12-14H,1,6,11H2,2-4H3/b20-14-,26-24?. The van der Waals surface area contributed by atoms with Crippen molar-refractivity contribution in [3.8, 4) is 11.5 Å². The number of hydrogen-bond acceptors (Lipinski definition) is 7. The molecule has 0 atom stereocenters. The molecule has 0 aliphatic carbocycles. The van der Waals surface area contributed by atoms with E-state index in [0.29, 0.717) is 50.5 Å². The van der Waals surface area contributed by atoms with Gasteiger partial charge in [0.2, 0.25) is 0 Å². The molecule has 0 saturated carbocycles. The molecule has 0 N–H and O–H groups in total. The van der Waals surface area contributed by atoms with Crippen LogP contribution >= 0.6 is 27.7 Å². The van der Waals surface area contributed by atoms with Crippen LogP contribution in [0.5, 0.6) is 11.5 Å². The van der Waals surface area contributed by atoms with E-state index in [1.165, 1.54) is 23.8 Å². The van der Waals surface area contributed by atoms with Crippen LogP contribution in [0.4, 0.5) is 5.69 Å². The van der Waals surface area contributed by atoms with E-state index in [2.05, 4.69) is 27.5 Å². The topological polar surface area (TPSA) is 77.4 Å². The van der Waals surface area contributed by atoms with Gasteiger partial charge in [-0.3, -0.25) is 9.69 Å². The van der Waals surface area contributed by atoms with Crippen molar-refractivity contribution in [3.63, 3.8) is 0 Å². The molecule has 2 aromatic carbocycles. The van der Waals surface area contributed by atoms with E-state index in [4.69, 9.17) is 14.2 Å². The highest BCUT2D eigenvalue weighted by atomic mass is 79.9. The van der Waals surface area contributed by atoms with Gasteiger partial charge in [0.25, 0.3) is 5.91 Å². The van der Waals surface area contributed by atoms with Crippen LogP contribution in [0.25, 0.3) is 6.08 Å². The van der Waals surface area contributed by atoms with Gasteiger partial charge in [-0.05, 0) is 82.7 Å². The van der Waals surface area contributed by atoms with Crippen molar-refractivity contribution in [1.29, 1.82) is 0 Å². The van der Waals surface area contributed by atoms with Gasteiger partial charge < -0.3 is 14.2 Å². The van der Waals surface area contributed by atoms with E-state index in [1.54, 1.807) is 43.5 Å². The summed E-state index contributed by atoms with van der Waals surface area (Å²) in [5, 5.41) is 0.534. The molecule has 7 nitrogen and oxygen atoms in total. The van der Waals surface area contributed by atoms with Crippen molar-refractivity contribution in [2.45, 2.75) is 6.92 Å². The van der Waals surface area contributed by atoms with Gasteiger partial charge in [0.15, 0.2) is 16.7 Å².